The molecule has 1 saturated heterocycles. The fourth-order valence-corrected chi connectivity index (χ4v) is 2.88. The predicted octanol–water partition coefficient (Wildman–Crippen LogP) is 1.37. The number of ether oxygens (including phenoxy) is 1. The van der Waals surface area contributed by atoms with E-state index >= 15 is 0 Å². The van der Waals surface area contributed by atoms with E-state index in [2.05, 4.69) is 15.1 Å². The quantitative estimate of drug-likeness (QED) is 0.809. The second-order valence-electron chi connectivity index (χ2n) is 6.46. The van der Waals surface area contributed by atoms with Crippen molar-refractivity contribution in [1.82, 2.24) is 20.0 Å². The molecule has 0 unspecified atom stereocenters. The summed E-state index contributed by atoms with van der Waals surface area (Å²) in [5.74, 6) is 2.09. The van der Waals surface area contributed by atoms with Gasteiger partial charge in [0.15, 0.2) is 0 Å². The number of amides is 1. The van der Waals surface area contributed by atoms with Gasteiger partial charge in [0.2, 0.25) is 11.8 Å². The molecule has 0 spiro atoms. The van der Waals surface area contributed by atoms with Gasteiger partial charge in [-0.3, -0.25) is 4.79 Å². The molecule has 0 saturated carbocycles. The molecule has 1 aliphatic heterocycles. The van der Waals surface area contributed by atoms with Crippen LogP contribution in [0.25, 0.3) is 0 Å². The molecule has 1 atom stereocenters. The third kappa shape index (κ3) is 3.89. The average molecular weight is 345 g/mol. The zero-order valence-electron chi connectivity index (χ0n) is 15.0. The summed E-state index contributed by atoms with van der Waals surface area (Å²) >= 11 is 0. The van der Waals surface area contributed by atoms with Crippen molar-refractivity contribution in [3.8, 4) is 5.88 Å². The van der Waals surface area contributed by atoms with Gasteiger partial charge in [-0.2, -0.15) is 0 Å². The van der Waals surface area contributed by atoms with Crippen LogP contribution in [0.3, 0.4) is 0 Å². The Labute approximate surface area is 146 Å². The first-order valence-electron chi connectivity index (χ1n) is 8.29. The monoisotopic (exact) mass is 345 g/mol. The van der Waals surface area contributed by atoms with Crippen LogP contribution in [0.15, 0.2) is 16.9 Å². The van der Waals surface area contributed by atoms with Gasteiger partial charge in [-0.25, -0.2) is 9.97 Å². The summed E-state index contributed by atoms with van der Waals surface area (Å²) in [5, 5.41) is 3.90. The Hall–Kier alpha value is -2.64. The molecule has 1 fully saturated rings. The number of carbonyl (C=O) groups is 1. The molecule has 0 aliphatic carbocycles. The van der Waals surface area contributed by atoms with Crippen LogP contribution in [-0.2, 0) is 11.2 Å². The van der Waals surface area contributed by atoms with Gasteiger partial charge in [-0.05, 0) is 13.8 Å². The molecule has 0 bridgehead atoms. The maximum atomic E-state index is 12.5. The minimum atomic E-state index is -0.0569. The van der Waals surface area contributed by atoms with E-state index in [0.717, 1.165) is 23.5 Å². The zero-order chi connectivity index (χ0) is 18.0. The Bertz CT molecular complexity index is 739. The van der Waals surface area contributed by atoms with Crippen molar-refractivity contribution in [3.63, 3.8) is 0 Å². The van der Waals surface area contributed by atoms with Crippen LogP contribution in [0, 0.1) is 13.8 Å². The topological polar surface area (TPSA) is 84.6 Å². The number of aryl methyl sites for hydroxylation is 2. The first-order valence-corrected chi connectivity index (χ1v) is 8.29. The van der Waals surface area contributed by atoms with E-state index in [1.807, 2.05) is 37.7 Å². The van der Waals surface area contributed by atoms with E-state index in [0.29, 0.717) is 31.2 Å². The fourth-order valence-electron chi connectivity index (χ4n) is 2.88. The summed E-state index contributed by atoms with van der Waals surface area (Å²) in [4.78, 5) is 24.6. The summed E-state index contributed by atoms with van der Waals surface area (Å²) in [6, 6.07) is 1.80. The van der Waals surface area contributed by atoms with Crippen LogP contribution < -0.4 is 9.64 Å². The number of nitrogens with zero attached hydrogens (tertiary/aromatic N) is 5. The van der Waals surface area contributed by atoms with E-state index in [1.165, 1.54) is 6.33 Å². The molecule has 134 valence electrons. The summed E-state index contributed by atoms with van der Waals surface area (Å²) < 4.78 is 11.1. The zero-order valence-corrected chi connectivity index (χ0v) is 15.0. The largest absolute Gasteiger partial charge is 0.472 e. The smallest absolute Gasteiger partial charge is 0.227 e. The molecule has 0 aromatic carbocycles. The molecular formula is C17H23N5O3. The Morgan fingerprint density at radius 1 is 1.40 bits per heavy atom. The molecule has 1 amide bonds. The van der Waals surface area contributed by atoms with E-state index in [9.17, 15) is 4.79 Å². The highest BCUT2D eigenvalue weighted by atomic mass is 16.5. The predicted molar refractivity (Wildman–Crippen MR) is 91.7 cm³/mol. The van der Waals surface area contributed by atoms with Gasteiger partial charge in [0.1, 0.15) is 24.0 Å². The molecule has 25 heavy (non-hydrogen) atoms. The lowest BCUT2D eigenvalue weighted by Gasteiger charge is -2.17. The summed E-state index contributed by atoms with van der Waals surface area (Å²) in [7, 11) is 3.83. The van der Waals surface area contributed by atoms with Gasteiger partial charge in [-0.1, -0.05) is 5.16 Å². The SMILES string of the molecule is Cc1noc(C)c1CC(=O)N1CC[C@@H](Oc2cc(N(C)C)ncn2)C1. The molecule has 2 aromatic rings. The van der Waals surface area contributed by atoms with Crippen molar-refractivity contribution in [3.05, 3.63) is 29.4 Å². The molecule has 8 heteroatoms. The van der Waals surface area contributed by atoms with Crippen molar-refractivity contribution in [1.29, 1.82) is 0 Å². The Morgan fingerprint density at radius 3 is 2.88 bits per heavy atom. The van der Waals surface area contributed by atoms with Gasteiger partial charge in [0, 0.05) is 38.7 Å². The van der Waals surface area contributed by atoms with Crippen LogP contribution in [0.4, 0.5) is 5.82 Å². The van der Waals surface area contributed by atoms with Crippen molar-refractivity contribution >= 4 is 11.7 Å². The van der Waals surface area contributed by atoms with Crippen LogP contribution >= 0.6 is 0 Å². The second kappa shape index (κ2) is 7.08. The minimum absolute atomic E-state index is 0.0569. The number of hydrogen-bond donors (Lipinski definition) is 0. The number of aromatic nitrogens is 3. The number of likely N-dealkylation sites (tertiary alicyclic amines) is 1. The molecule has 3 heterocycles. The number of hydrogen-bond acceptors (Lipinski definition) is 7. The summed E-state index contributed by atoms with van der Waals surface area (Å²) in [5.41, 5.74) is 1.65. The highest BCUT2D eigenvalue weighted by Crippen LogP contribution is 2.21. The molecule has 0 radical (unpaired) electrons. The number of carbonyl (C=O) groups excluding carboxylic acids is 1. The first kappa shape index (κ1) is 17.2. The van der Waals surface area contributed by atoms with Gasteiger partial charge in [0.05, 0.1) is 18.7 Å². The maximum absolute atomic E-state index is 12.5. The molecule has 8 nitrogen and oxygen atoms in total. The minimum Gasteiger partial charge on any atom is -0.472 e. The van der Waals surface area contributed by atoms with Crippen molar-refractivity contribution < 1.29 is 14.1 Å². The molecule has 1 aliphatic rings. The van der Waals surface area contributed by atoms with Gasteiger partial charge in [0.25, 0.3) is 0 Å². The lowest BCUT2D eigenvalue weighted by Crippen LogP contribution is -2.32. The van der Waals surface area contributed by atoms with Gasteiger partial charge >= 0.3 is 0 Å². The van der Waals surface area contributed by atoms with Gasteiger partial charge in [-0.15, -0.1) is 0 Å². The number of rotatable bonds is 5. The van der Waals surface area contributed by atoms with Gasteiger partial charge < -0.3 is 19.1 Å². The standard InChI is InChI=1S/C17H23N5O3/c1-11-14(12(2)25-20-11)7-17(23)22-6-5-13(9-22)24-16-8-15(21(3)4)18-10-19-16/h8,10,13H,5-7,9H2,1-4H3/t13-/m1/s1. The molecule has 0 N–H and O–H groups in total. The third-order valence-electron chi connectivity index (χ3n) is 4.38. The van der Waals surface area contributed by atoms with E-state index in [4.69, 9.17) is 9.26 Å². The summed E-state index contributed by atoms with van der Waals surface area (Å²) in [6.07, 6.45) is 2.53. The second-order valence-corrected chi connectivity index (χ2v) is 6.46. The van der Waals surface area contributed by atoms with Crippen LogP contribution in [0.2, 0.25) is 0 Å². The van der Waals surface area contributed by atoms with E-state index in [1.54, 1.807) is 6.07 Å². The molecular weight excluding hydrogens is 322 g/mol. The van der Waals surface area contributed by atoms with Crippen molar-refractivity contribution in [2.75, 3.05) is 32.1 Å². The fraction of sp³-hybridized carbons (Fsp3) is 0.529. The van der Waals surface area contributed by atoms with Crippen LogP contribution in [0.1, 0.15) is 23.4 Å². The molecule has 2 aromatic heterocycles. The summed E-state index contributed by atoms with van der Waals surface area (Å²) in [6.45, 7) is 4.92. The Kier molecular flexibility index (Phi) is 4.87. The van der Waals surface area contributed by atoms with Crippen molar-refractivity contribution in [2.45, 2.75) is 32.8 Å². The lowest BCUT2D eigenvalue weighted by molar-refractivity contribution is -0.129. The van der Waals surface area contributed by atoms with E-state index in [-0.39, 0.29) is 12.0 Å². The lowest BCUT2D eigenvalue weighted by atomic mass is 10.1. The van der Waals surface area contributed by atoms with Crippen LogP contribution in [0.5, 0.6) is 5.88 Å². The highest BCUT2D eigenvalue weighted by Gasteiger charge is 2.29. The van der Waals surface area contributed by atoms with Crippen molar-refractivity contribution in [2.24, 2.45) is 0 Å². The van der Waals surface area contributed by atoms with E-state index < -0.39 is 0 Å². The number of anilines is 1. The highest BCUT2D eigenvalue weighted by molar-refractivity contribution is 5.79. The Balaban J connectivity index is 1.58. The average Bonchev–Trinajstić information content (AvgIpc) is 3.17. The maximum Gasteiger partial charge on any atom is 0.227 e. The molecule has 3 rings (SSSR count). The Morgan fingerprint density at radius 2 is 2.20 bits per heavy atom. The third-order valence-corrected chi connectivity index (χ3v) is 4.38. The van der Waals surface area contributed by atoms with Crippen LogP contribution in [-0.4, -0.2) is 59.2 Å². The normalized spacial score (nSPS) is 17.0. The first-order chi connectivity index (χ1) is 11.9.